The molecule has 0 radical (unpaired) electrons. The predicted octanol–water partition coefficient (Wildman–Crippen LogP) is 2.79. The molecule has 0 fully saturated rings. The normalized spacial score (nSPS) is 12.1. The second-order valence-corrected chi connectivity index (χ2v) is 5.13. The number of hydrogen-bond donors (Lipinski definition) is 1. The lowest BCUT2D eigenvalue weighted by molar-refractivity contribution is 0.414. The molecule has 22 heavy (non-hydrogen) atoms. The highest BCUT2D eigenvalue weighted by Crippen LogP contribution is 2.26. The molecule has 6 heteroatoms. The monoisotopic (exact) mass is 297 g/mol. The highest BCUT2D eigenvalue weighted by atomic mass is 16.5. The van der Waals surface area contributed by atoms with Crippen LogP contribution in [-0.2, 0) is 7.05 Å². The average molecular weight is 297 g/mol. The Morgan fingerprint density at radius 2 is 2.05 bits per heavy atom. The highest BCUT2D eigenvalue weighted by Gasteiger charge is 2.11. The van der Waals surface area contributed by atoms with Crippen molar-refractivity contribution < 1.29 is 4.74 Å². The van der Waals surface area contributed by atoms with Crippen LogP contribution in [0, 0.1) is 0 Å². The summed E-state index contributed by atoms with van der Waals surface area (Å²) in [6.07, 6.45) is 7.40. The molecule has 2 aromatic heterocycles. The number of benzene rings is 1. The van der Waals surface area contributed by atoms with Crippen molar-refractivity contribution in [1.82, 2.24) is 19.3 Å². The van der Waals surface area contributed by atoms with Crippen LogP contribution in [0.1, 0.15) is 18.8 Å². The minimum Gasteiger partial charge on any atom is -0.497 e. The molecule has 0 aliphatic carbocycles. The van der Waals surface area contributed by atoms with E-state index in [1.165, 1.54) is 0 Å². The zero-order valence-electron chi connectivity index (χ0n) is 12.9. The Morgan fingerprint density at radius 3 is 2.68 bits per heavy atom. The molecule has 3 rings (SSSR count). The van der Waals surface area contributed by atoms with Gasteiger partial charge in [-0.25, -0.2) is 9.67 Å². The van der Waals surface area contributed by atoms with Gasteiger partial charge < -0.3 is 14.6 Å². The summed E-state index contributed by atoms with van der Waals surface area (Å²) < 4.78 is 9.20. The van der Waals surface area contributed by atoms with Crippen molar-refractivity contribution in [2.24, 2.45) is 7.05 Å². The van der Waals surface area contributed by atoms with Crippen LogP contribution in [0.2, 0.25) is 0 Å². The molecule has 114 valence electrons. The van der Waals surface area contributed by atoms with E-state index in [1.54, 1.807) is 24.2 Å². The molecule has 0 aliphatic rings. The van der Waals surface area contributed by atoms with Crippen molar-refractivity contribution in [2.45, 2.75) is 13.0 Å². The smallest absolute Gasteiger partial charge is 0.130 e. The molecule has 0 saturated heterocycles. The molecule has 1 aromatic carbocycles. The van der Waals surface area contributed by atoms with Crippen LogP contribution in [-0.4, -0.2) is 26.4 Å². The van der Waals surface area contributed by atoms with E-state index < -0.39 is 0 Å². The minimum atomic E-state index is 0.0811. The Morgan fingerprint density at radius 1 is 1.18 bits per heavy atom. The number of aromatic nitrogens is 4. The van der Waals surface area contributed by atoms with Gasteiger partial charge in [-0.3, -0.25) is 0 Å². The Labute approximate surface area is 129 Å². The van der Waals surface area contributed by atoms with Crippen molar-refractivity contribution >= 4 is 5.69 Å². The van der Waals surface area contributed by atoms with Crippen LogP contribution in [0.25, 0.3) is 5.69 Å². The first-order valence-electron chi connectivity index (χ1n) is 7.10. The van der Waals surface area contributed by atoms with Crippen molar-refractivity contribution in [3.8, 4) is 11.4 Å². The number of hydrogen-bond acceptors (Lipinski definition) is 4. The van der Waals surface area contributed by atoms with Gasteiger partial charge in [-0.15, -0.1) is 0 Å². The van der Waals surface area contributed by atoms with Gasteiger partial charge in [-0.2, -0.15) is 5.10 Å². The molecule has 1 N–H and O–H groups in total. The van der Waals surface area contributed by atoms with Crippen LogP contribution in [0.3, 0.4) is 0 Å². The lowest BCUT2D eigenvalue weighted by atomic mass is 10.2. The SMILES string of the molecule is COc1cc(NC(C)c2nccn2C)cc(-n2cccn2)c1. The van der Waals surface area contributed by atoms with Crippen LogP contribution >= 0.6 is 0 Å². The second kappa shape index (κ2) is 5.93. The third kappa shape index (κ3) is 2.81. The first-order chi connectivity index (χ1) is 10.7. The number of ether oxygens (including phenoxy) is 1. The van der Waals surface area contributed by atoms with Gasteiger partial charge in [0.1, 0.15) is 11.6 Å². The third-order valence-electron chi connectivity index (χ3n) is 3.52. The van der Waals surface area contributed by atoms with E-state index in [0.717, 1.165) is 22.9 Å². The summed E-state index contributed by atoms with van der Waals surface area (Å²) >= 11 is 0. The number of anilines is 1. The fraction of sp³-hybridized carbons (Fsp3) is 0.250. The molecular formula is C16H19N5O. The summed E-state index contributed by atoms with van der Waals surface area (Å²) in [5, 5.41) is 7.72. The molecule has 1 unspecified atom stereocenters. The van der Waals surface area contributed by atoms with Crippen molar-refractivity contribution in [3.63, 3.8) is 0 Å². The molecule has 6 nitrogen and oxygen atoms in total. The molecule has 0 aliphatic heterocycles. The maximum atomic E-state index is 5.39. The van der Waals surface area contributed by atoms with Gasteiger partial charge in [0.05, 0.1) is 18.8 Å². The zero-order chi connectivity index (χ0) is 15.5. The molecule has 0 spiro atoms. The van der Waals surface area contributed by atoms with E-state index in [9.17, 15) is 0 Å². The minimum absolute atomic E-state index is 0.0811. The molecule has 0 saturated carbocycles. The Kier molecular flexibility index (Phi) is 3.82. The van der Waals surface area contributed by atoms with E-state index >= 15 is 0 Å². The third-order valence-corrected chi connectivity index (χ3v) is 3.52. The van der Waals surface area contributed by atoms with E-state index in [2.05, 4.69) is 22.3 Å². The standard InChI is InChI=1S/C16H19N5O/c1-12(16-17-6-8-20(16)2)19-13-9-14(11-15(10-13)22-3)21-7-4-5-18-21/h4-12,19H,1-3H3. The number of methoxy groups -OCH3 is 1. The maximum Gasteiger partial charge on any atom is 0.130 e. The molecule has 0 bridgehead atoms. The summed E-state index contributed by atoms with van der Waals surface area (Å²) in [6, 6.07) is 7.92. The van der Waals surface area contributed by atoms with Gasteiger partial charge >= 0.3 is 0 Å². The highest BCUT2D eigenvalue weighted by molar-refractivity contribution is 5.56. The van der Waals surface area contributed by atoms with Crippen LogP contribution < -0.4 is 10.1 Å². The van der Waals surface area contributed by atoms with Crippen molar-refractivity contribution in [3.05, 3.63) is 54.9 Å². The number of imidazole rings is 1. The zero-order valence-corrected chi connectivity index (χ0v) is 12.9. The molecular weight excluding hydrogens is 278 g/mol. The fourth-order valence-electron chi connectivity index (χ4n) is 2.45. The first-order valence-corrected chi connectivity index (χ1v) is 7.10. The van der Waals surface area contributed by atoms with Gasteiger partial charge in [0.15, 0.2) is 0 Å². The maximum absolute atomic E-state index is 5.39. The van der Waals surface area contributed by atoms with Crippen LogP contribution in [0.15, 0.2) is 49.1 Å². The number of nitrogens with zero attached hydrogens (tertiary/aromatic N) is 4. The number of aryl methyl sites for hydroxylation is 1. The lowest BCUT2D eigenvalue weighted by Gasteiger charge is -2.17. The fourth-order valence-corrected chi connectivity index (χ4v) is 2.45. The predicted molar refractivity (Wildman–Crippen MR) is 85.4 cm³/mol. The second-order valence-electron chi connectivity index (χ2n) is 5.13. The van der Waals surface area contributed by atoms with E-state index in [0.29, 0.717) is 0 Å². The topological polar surface area (TPSA) is 56.9 Å². The summed E-state index contributed by atoms with van der Waals surface area (Å²) in [5.74, 6) is 1.76. The van der Waals surface area contributed by atoms with Crippen molar-refractivity contribution in [1.29, 1.82) is 0 Å². The van der Waals surface area contributed by atoms with E-state index in [-0.39, 0.29) is 6.04 Å². The Hall–Kier alpha value is -2.76. The number of nitrogens with one attached hydrogen (secondary N) is 1. The van der Waals surface area contributed by atoms with Crippen molar-refractivity contribution in [2.75, 3.05) is 12.4 Å². The average Bonchev–Trinajstić information content (AvgIpc) is 3.18. The number of rotatable bonds is 5. The first kappa shape index (κ1) is 14.2. The summed E-state index contributed by atoms with van der Waals surface area (Å²) in [7, 11) is 3.65. The van der Waals surface area contributed by atoms with Gasteiger partial charge in [0.2, 0.25) is 0 Å². The Bertz CT molecular complexity index is 748. The van der Waals surface area contributed by atoms with Gasteiger partial charge in [0, 0.05) is 49.7 Å². The summed E-state index contributed by atoms with van der Waals surface area (Å²) in [4.78, 5) is 4.38. The summed E-state index contributed by atoms with van der Waals surface area (Å²) in [6.45, 7) is 2.08. The molecule has 3 aromatic rings. The molecule has 2 heterocycles. The summed E-state index contributed by atoms with van der Waals surface area (Å²) in [5.41, 5.74) is 1.90. The van der Waals surface area contributed by atoms with Crippen LogP contribution in [0.5, 0.6) is 5.75 Å². The van der Waals surface area contributed by atoms with Gasteiger partial charge in [-0.1, -0.05) is 0 Å². The van der Waals surface area contributed by atoms with Gasteiger partial charge in [-0.05, 0) is 19.1 Å². The van der Waals surface area contributed by atoms with Gasteiger partial charge in [0.25, 0.3) is 0 Å². The quantitative estimate of drug-likeness (QED) is 0.787. The van der Waals surface area contributed by atoms with E-state index in [4.69, 9.17) is 4.74 Å². The lowest BCUT2D eigenvalue weighted by Crippen LogP contribution is -2.12. The largest absolute Gasteiger partial charge is 0.497 e. The van der Waals surface area contributed by atoms with Crippen LogP contribution in [0.4, 0.5) is 5.69 Å². The van der Waals surface area contributed by atoms with E-state index in [1.807, 2.05) is 48.3 Å². The Balaban J connectivity index is 1.90. The molecule has 1 atom stereocenters. The molecule has 0 amide bonds.